The number of nitrogens with zero attached hydrogens (tertiary/aromatic N) is 1. The second-order valence-electron chi connectivity index (χ2n) is 3.49. The zero-order chi connectivity index (χ0) is 12.3. The lowest BCUT2D eigenvalue weighted by Gasteiger charge is -2.04. The van der Waals surface area contributed by atoms with E-state index >= 15 is 0 Å². The van der Waals surface area contributed by atoms with Crippen LogP contribution in [0.5, 0.6) is 0 Å². The highest BCUT2D eigenvalue weighted by molar-refractivity contribution is 7.16. The minimum absolute atomic E-state index is 0.136. The number of hydrogen-bond donors (Lipinski definition) is 2. The maximum atomic E-state index is 11.3. The van der Waals surface area contributed by atoms with Gasteiger partial charge < -0.3 is 10.3 Å². The van der Waals surface area contributed by atoms with Crippen LogP contribution in [-0.4, -0.2) is 9.97 Å². The van der Waals surface area contributed by atoms with Crippen molar-refractivity contribution in [3.05, 3.63) is 43.6 Å². The van der Waals surface area contributed by atoms with Crippen LogP contribution in [0.1, 0.15) is 17.6 Å². The van der Waals surface area contributed by atoms with Crippen molar-refractivity contribution in [3.8, 4) is 0 Å². The zero-order valence-electron chi connectivity index (χ0n) is 9.29. The second-order valence-corrected chi connectivity index (χ2v) is 5.29. The molecule has 0 aliphatic carbocycles. The van der Waals surface area contributed by atoms with Gasteiger partial charge in [0.1, 0.15) is 11.6 Å². The van der Waals surface area contributed by atoms with E-state index in [4.69, 9.17) is 11.6 Å². The first-order valence-corrected chi connectivity index (χ1v) is 6.45. The molecule has 17 heavy (non-hydrogen) atoms. The molecule has 0 unspecified atom stereocenters. The first-order chi connectivity index (χ1) is 8.17. The van der Waals surface area contributed by atoms with Crippen LogP contribution >= 0.6 is 22.9 Å². The molecule has 0 radical (unpaired) electrons. The molecule has 0 aliphatic heterocycles. The van der Waals surface area contributed by atoms with Gasteiger partial charge in [-0.3, -0.25) is 4.79 Å². The van der Waals surface area contributed by atoms with Crippen LogP contribution < -0.4 is 10.9 Å². The largest absolute Gasteiger partial charge is 0.365 e. The zero-order valence-corrected chi connectivity index (χ0v) is 10.9. The number of rotatable bonds is 4. The third kappa shape index (κ3) is 3.31. The Labute approximate surface area is 108 Å². The van der Waals surface area contributed by atoms with Crippen molar-refractivity contribution in [1.29, 1.82) is 0 Å². The number of nitrogens with one attached hydrogen (secondary N) is 2. The fourth-order valence-corrected chi connectivity index (χ4v) is 2.42. The molecule has 0 amide bonds. The van der Waals surface area contributed by atoms with Gasteiger partial charge in [0, 0.05) is 17.4 Å². The molecule has 0 fully saturated rings. The Hall–Kier alpha value is -1.33. The lowest BCUT2D eigenvalue weighted by molar-refractivity contribution is 0.916. The van der Waals surface area contributed by atoms with Gasteiger partial charge in [0.2, 0.25) is 0 Å². The molecule has 0 saturated heterocycles. The molecular formula is C11H12ClN3OS. The van der Waals surface area contributed by atoms with E-state index in [2.05, 4.69) is 15.3 Å². The summed E-state index contributed by atoms with van der Waals surface area (Å²) >= 11 is 7.35. The summed E-state index contributed by atoms with van der Waals surface area (Å²) in [4.78, 5) is 19.4. The molecule has 0 aliphatic rings. The van der Waals surface area contributed by atoms with Crippen molar-refractivity contribution in [1.82, 2.24) is 9.97 Å². The SMILES string of the molecule is CCc1nc(NCc2ccc(Cl)s2)cc(=O)[nH]1. The molecule has 2 N–H and O–H groups in total. The van der Waals surface area contributed by atoms with Gasteiger partial charge >= 0.3 is 0 Å². The molecule has 2 aromatic rings. The Bertz CT molecular complexity index is 564. The summed E-state index contributed by atoms with van der Waals surface area (Å²) < 4.78 is 0.759. The fourth-order valence-electron chi connectivity index (χ4n) is 1.39. The second kappa shape index (κ2) is 5.33. The summed E-state index contributed by atoms with van der Waals surface area (Å²) in [6.45, 7) is 2.57. The molecular weight excluding hydrogens is 258 g/mol. The van der Waals surface area contributed by atoms with E-state index in [1.54, 1.807) is 0 Å². The van der Waals surface area contributed by atoms with E-state index in [0.29, 0.717) is 24.6 Å². The summed E-state index contributed by atoms with van der Waals surface area (Å²) in [7, 11) is 0. The van der Waals surface area contributed by atoms with Crippen LogP contribution in [0.2, 0.25) is 4.34 Å². The van der Waals surface area contributed by atoms with E-state index in [1.807, 2.05) is 19.1 Å². The van der Waals surface area contributed by atoms with Crippen molar-refractivity contribution in [2.45, 2.75) is 19.9 Å². The van der Waals surface area contributed by atoms with Crippen LogP contribution in [-0.2, 0) is 13.0 Å². The van der Waals surface area contributed by atoms with Crippen LogP contribution in [0.4, 0.5) is 5.82 Å². The number of hydrogen-bond acceptors (Lipinski definition) is 4. The summed E-state index contributed by atoms with van der Waals surface area (Å²) in [5.74, 6) is 1.28. The van der Waals surface area contributed by atoms with Gasteiger partial charge in [-0.25, -0.2) is 4.98 Å². The average molecular weight is 270 g/mol. The van der Waals surface area contributed by atoms with Crippen molar-refractivity contribution in [3.63, 3.8) is 0 Å². The summed E-state index contributed by atoms with van der Waals surface area (Å²) in [6.07, 6.45) is 0.704. The summed E-state index contributed by atoms with van der Waals surface area (Å²) in [5.41, 5.74) is -0.136. The third-order valence-corrected chi connectivity index (χ3v) is 3.43. The topological polar surface area (TPSA) is 57.8 Å². The van der Waals surface area contributed by atoms with Crippen molar-refractivity contribution >= 4 is 28.8 Å². The number of aromatic nitrogens is 2. The molecule has 0 atom stereocenters. The van der Waals surface area contributed by atoms with Crippen LogP contribution in [0.3, 0.4) is 0 Å². The first kappa shape index (κ1) is 12.1. The number of halogens is 1. The Morgan fingerprint density at radius 1 is 1.53 bits per heavy atom. The van der Waals surface area contributed by atoms with Gasteiger partial charge in [0.25, 0.3) is 5.56 Å². The van der Waals surface area contributed by atoms with E-state index in [9.17, 15) is 4.79 Å². The molecule has 6 heteroatoms. The summed E-state index contributed by atoms with van der Waals surface area (Å²) in [5, 5.41) is 3.11. The molecule has 2 aromatic heterocycles. The highest BCUT2D eigenvalue weighted by atomic mass is 35.5. The Balaban J connectivity index is 2.08. The van der Waals surface area contributed by atoms with E-state index in [1.165, 1.54) is 17.4 Å². The third-order valence-electron chi connectivity index (χ3n) is 2.20. The molecule has 2 heterocycles. The molecule has 2 rings (SSSR count). The monoisotopic (exact) mass is 269 g/mol. The predicted octanol–water partition coefficient (Wildman–Crippen LogP) is 2.66. The lowest BCUT2D eigenvalue weighted by atomic mass is 10.4. The number of H-pyrrole nitrogens is 1. The molecule has 0 saturated carbocycles. The molecule has 90 valence electrons. The minimum Gasteiger partial charge on any atom is -0.365 e. The van der Waals surface area contributed by atoms with Crippen LogP contribution in [0, 0.1) is 0 Å². The maximum Gasteiger partial charge on any atom is 0.252 e. The Morgan fingerprint density at radius 3 is 3.00 bits per heavy atom. The molecule has 0 bridgehead atoms. The van der Waals surface area contributed by atoms with E-state index in [-0.39, 0.29) is 5.56 Å². The molecule has 4 nitrogen and oxygen atoms in total. The minimum atomic E-state index is -0.136. The first-order valence-electron chi connectivity index (χ1n) is 5.25. The number of aryl methyl sites for hydroxylation is 1. The average Bonchev–Trinajstić information content (AvgIpc) is 2.72. The lowest BCUT2D eigenvalue weighted by Crippen LogP contribution is -2.12. The number of anilines is 1. The van der Waals surface area contributed by atoms with Gasteiger partial charge in [-0.15, -0.1) is 11.3 Å². The van der Waals surface area contributed by atoms with Crippen molar-refractivity contribution < 1.29 is 0 Å². The van der Waals surface area contributed by atoms with Gasteiger partial charge in [0.05, 0.1) is 10.9 Å². The molecule has 0 spiro atoms. The normalized spacial score (nSPS) is 10.5. The standard InChI is InChI=1S/C11H12ClN3OS/c1-2-9-14-10(5-11(16)15-9)13-6-7-3-4-8(12)17-7/h3-5H,2,6H2,1H3,(H2,13,14,15,16). The predicted molar refractivity (Wildman–Crippen MR) is 70.9 cm³/mol. The van der Waals surface area contributed by atoms with E-state index < -0.39 is 0 Å². The van der Waals surface area contributed by atoms with Crippen molar-refractivity contribution in [2.75, 3.05) is 5.32 Å². The number of aromatic amines is 1. The van der Waals surface area contributed by atoms with Crippen LogP contribution in [0.15, 0.2) is 23.0 Å². The number of thiophene rings is 1. The fraction of sp³-hybridized carbons (Fsp3) is 0.273. The Morgan fingerprint density at radius 2 is 2.35 bits per heavy atom. The summed E-state index contributed by atoms with van der Waals surface area (Å²) in [6, 6.07) is 5.26. The highest BCUT2D eigenvalue weighted by Gasteiger charge is 2.01. The van der Waals surface area contributed by atoms with Gasteiger partial charge in [0.15, 0.2) is 0 Å². The Kier molecular flexibility index (Phi) is 3.81. The molecule has 0 aromatic carbocycles. The van der Waals surface area contributed by atoms with Crippen LogP contribution in [0.25, 0.3) is 0 Å². The maximum absolute atomic E-state index is 11.3. The highest BCUT2D eigenvalue weighted by Crippen LogP contribution is 2.21. The van der Waals surface area contributed by atoms with Gasteiger partial charge in [-0.2, -0.15) is 0 Å². The smallest absolute Gasteiger partial charge is 0.252 e. The van der Waals surface area contributed by atoms with E-state index in [0.717, 1.165) is 9.21 Å². The van der Waals surface area contributed by atoms with Gasteiger partial charge in [-0.05, 0) is 12.1 Å². The van der Waals surface area contributed by atoms with Crippen molar-refractivity contribution in [2.24, 2.45) is 0 Å². The van der Waals surface area contributed by atoms with Gasteiger partial charge in [-0.1, -0.05) is 18.5 Å². The quantitative estimate of drug-likeness (QED) is 0.897.